The number of esters is 1. The topological polar surface area (TPSA) is 43.4 Å². The van der Waals surface area contributed by atoms with Crippen molar-refractivity contribution in [3.8, 4) is 0 Å². The van der Waals surface area contributed by atoms with Gasteiger partial charge in [0.2, 0.25) is 0 Å². The lowest BCUT2D eigenvalue weighted by Gasteiger charge is -2.28. The number of rotatable bonds is 3. The van der Waals surface area contributed by atoms with Gasteiger partial charge < -0.3 is 4.74 Å². The van der Waals surface area contributed by atoms with E-state index in [1.807, 2.05) is 13.0 Å². The molecular formula is C15H18O3. The van der Waals surface area contributed by atoms with E-state index in [0.29, 0.717) is 17.0 Å². The van der Waals surface area contributed by atoms with E-state index in [1.165, 1.54) is 13.5 Å². The standard InChI is InChI=1S/C15H18O3/c1-9-7-14(11-5-4-6-11)13(10(2)16)8-12(9)15(17)18-3/h7-8,11H,4-6H2,1-3H3. The van der Waals surface area contributed by atoms with Crippen LogP contribution in [0.5, 0.6) is 0 Å². The Balaban J connectivity index is 2.51. The Morgan fingerprint density at radius 2 is 1.89 bits per heavy atom. The van der Waals surface area contributed by atoms with Gasteiger partial charge in [-0.25, -0.2) is 4.79 Å². The van der Waals surface area contributed by atoms with Crippen LogP contribution in [-0.4, -0.2) is 18.9 Å². The predicted molar refractivity (Wildman–Crippen MR) is 69.1 cm³/mol. The summed E-state index contributed by atoms with van der Waals surface area (Å²) in [6.45, 7) is 3.44. The van der Waals surface area contributed by atoms with Crippen LogP contribution in [-0.2, 0) is 4.74 Å². The van der Waals surface area contributed by atoms with E-state index < -0.39 is 0 Å². The van der Waals surface area contributed by atoms with Crippen molar-refractivity contribution in [1.82, 2.24) is 0 Å². The molecule has 1 aromatic carbocycles. The van der Waals surface area contributed by atoms with E-state index in [1.54, 1.807) is 13.0 Å². The normalized spacial score (nSPS) is 15.1. The number of benzene rings is 1. The Morgan fingerprint density at radius 3 is 2.33 bits per heavy atom. The fourth-order valence-corrected chi connectivity index (χ4v) is 2.42. The number of carbonyl (C=O) groups is 2. The van der Waals surface area contributed by atoms with E-state index in [0.717, 1.165) is 24.0 Å². The second-order valence-electron chi connectivity index (χ2n) is 4.93. The van der Waals surface area contributed by atoms with Crippen LogP contribution in [0.15, 0.2) is 12.1 Å². The van der Waals surface area contributed by atoms with Crippen molar-refractivity contribution in [2.45, 2.75) is 39.0 Å². The van der Waals surface area contributed by atoms with Gasteiger partial charge in [-0.15, -0.1) is 0 Å². The molecule has 0 atom stereocenters. The van der Waals surface area contributed by atoms with Gasteiger partial charge >= 0.3 is 5.97 Å². The molecule has 1 aliphatic carbocycles. The van der Waals surface area contributed by atoms with E-state index in [-0.39, 0.29) is 11.8 Å². The zero-order chi connectivity index (χ0) is 13.3. The monoisotopic (exact) mass is 246 g/mol. The van der Waals surface area contributed by atoms with Crippen molar-refractivity contribution in [2.75, 3.05) is 7.11 Å². The minimum Gasteiger partial charge on any atom is -0.465 e. The molecule has 1 saturated carbocycles. The first-order valence-corrected chi connectivity index (χ1v) is 6.28. The molecule has 1 fully saturated rings. The first-order chi connectivity index (χ1) is 8.54. The summed E-state index contributed by atoms with van der Waals surface area (Å²) in [5.41, 5.74) is 3.14. The molecule has 2 rings (SSSR count). The lowest BCUT2D eigenvalue weighted by atomic mass is 9.76. The molecule has 0 radical (unpaired) electrons. The fraction of sp³-hybridized carbons (Fsp3) is 0.467. The Hall–Kier alpha value is -1.64. The highest BCUT2D eigenvalue weighted by Crippen LogP contribution is 2.39. The molecule has 96 valence electrons. The lowest BCUT2D eigenvalue weighted by Crippen LogP contribution is -2.15. The van der Waals surface area contributed by atoms with E-state index in [4.69, 9.17) is 4.74 Å². The molecule has 1 aliphatic rings. The van der Waals surface area contributed by atoms with E-state index >= 15 is 0 Å². The quantitative estimate of drug-likeness (QED) is 0.607. The third kappa shape index (κ3) is 2.17. The fourth-order valence-electron chi connectivity index (χ4n) is 2.42. The minimum atomic E-state index is -0.379. The summed E-state index contributed by atoms with van der Waals surface area (Å²) in [6, 6.07) is 3.67. The summed E-state index contributed by atoms with van der Waals surface area (Å²) in [7, 11) is 1.36. The van der Waals surface area contributed by atoms with Gasteiger partial charge in [-0.2, -0.15) is 0 Å². The Labute approximate surface area is 107 Å². The van der Waals surface area contributed by atoms with Gasteiger partial charge in [0.15, 0.2) is 5.78 Å². The Bertz CT molecular complexity index is 499. The van der Waals surface area contributed by atoms with Crippen LogP contribution in [0, 0.1) is 6.92 Å². The van der Waals surface area contributed by atoms with Gasteiger partial charge in [0.1, 0.15) is 0 Å². The zero-order valence-corrected chi connectivity index (χ0v) is 11.1. The third-order valence-electron chi connectivity index (χ3n) is 3.73. The number of ether oxygens (including phenoxy) is 1. The molecule has 18 heavy (non-hydrogen) atoms. The molecule has 0 spiro atoms. The maximum absolute atomic E-state index is 11.7. The molecule has 0 saturated heterocycles. The van der Waals surface area contributed by atoms with Crippen molar-refractivity contribution in [3.05, 3.63) is 34.4 Å². The zero-order valence-electron chi connectivity index (χ0n) is 11.1. The van der Waals surface area contributed by atoms with Crippen LogP contribution in [0.2, 0.25) is 0 Å². The van der Waals surface area contributed by atoms with Gasteiger partial charge in [-0.05, 0) is 49.8 Å². The number of aryl methyl sites for hydroxylation is 1. The highest BCUT2D eigenvalue weighted by Gasteiger charge is 2.25. The molecule has 3 nitrogen and oxygen atoms in total. The summed E-state index contributed by atoms with van der Waals surface area (Å²) >= 11 is 0. The van der Waals surface area contributed by atoms with Crippen LogP contribution in [0.1, 0.15) is 63.9 Å². The van der Waals surface area contributed by atoms with Gasteiger partial charge in [-0.3, -0.25) is 4.79 Å². The molecule has 0 heterocycles. The van der Waals surface area contributed by atoms with Crippen molar-refractivity contribution >= 4 is 11.8 Å². The van der Waals surface area contributed by atoms with Gasteiger partial charge in [0.05, 0.1) is 12.7 Å². The Morgan fingerprint density at radius 1 is 1.22 bits per heavy atom. The van der Waals surface area contributed by atoms with Crippen molar-refractivity contribution < 1.29 is 14.3 Å². The molecule has 1 aromatic rings. The molecular weight excluding hydrogens is 228 g/mol. The number of carbonyl (C=O) groups excluding carboxylic acids is 2. The first-order valence-electron chi connectivity index (χ1n) is 6.28. The highest BCUT2D eigenvalue weighted by molar-refractivity contribution is 6.00. The molecule has 0 aromatic heterocycles. The second-order valence-corrected chi connectivity index (χ2v) is 4.93. The van der Waals surface area contributed by atoms with Crippen molar-refractivity contribution in [1.29, 1.82) is 0 Å². The van der Waals surface area contributed by atoms with Crippen molar-refractivity contribution in [3.63, 3.8) is 0 Å². The minimum absolute atomic E-state index is 0.0158. The van der Waals surface area contributed by atoms with Crippen LogP contribution >= 0.6 is 0 Å². The van der Waals surface area contributed by atoms with Crippen LogP contribution in [0.25, 0.3) is 0 Å². The average Bonchev–Trinajstić information content (AvgIpc) is 2.25. The number of Topliss-reactive ketones (excluding diaryl/α,β-unsaturated/α-hetero) is 1. The predicted octanol–water partition coefficient (Wildman–Crippen LogP) is 3.25. The highest BCUT2D eigenvalue weighted by atomic mass is 16.5. The molecule has 0 N–H and O–H groups in total. The summed E-state index contributed by atoms with van der Waals surface area (Å²) < 4.78 is 4.74. The van der Waals surface area contributed by atoms with Crippen molar-refractivity contribution in [2.24, 2.45) is 0 Å². The lowest BCUT2D eigenvalue weighted by molar-refractivity contribution is 0.0600. The molecule has 0 unspecified atom stereocenters. The molecule has 0 amide bonds. The SMILES string of the molecule is COC(=O)c1cc(C(C)=O)c(C2CCC2)cc1C. The van der Waals surface area contributed by atoms with E-state index in [2.05, 4.69) is 0 Å². The Kier molecular flexibility index (Phi) is 3.50. The van der Waals surface area contributed by atoms with Gasteiger partial charge in [-0.1, -0.05) is 12.5 Å². The summed E-state index contributed by atoms with van der Waals surface area (Å²) in [6.07, 6.45) is 3.49. The second kappa shape index (κ2) is 4.92. The third-order valence-corrected chi connectivity index (χ3v) is 3.73. The molecule has 0 aliphatic heterocycles. The maximum atomic E-state index is 11.7. The molecule has 3 heteroatoms. The summed E-state index contributed by atoms with van der Waals surface area (Å²) in [5, 5.41) is 0. The summed E-state index contributed by atoms with van der Waals surface area (Å²) in [5.74, 6) is 0.117. The van der Waals surface area contributed by atoms with Gasteiger partial charge in [0, 0.05) is 5.56 Å². The number of hydrogen-bond acceptors (Lipinski definition) is 3. The molecule has 0 bridgehead atoms. The summed E-state index contributed by atoms with van der Waals surface area (Å²) in [4.78, 5) is 23.4. The first kappa shape index (κ1) is 12.8. The average molecular weight is 246 g/mol. The van der Waals surface area contributed by atoms with Crippen LogP contribution in [0.4, 0.5) is 0 Å². The number of hydrogen-bond donors (Lipinski definition) is 0. The van der Waals surface area contributed by atoms with E-state index in [9.17, 15) is 9.59 Å². The largest absolute Gasteiger partial charge is 0.465 e. The smallest absolute Gasteiger partial charge is 0.338 e. The number of methoxy groups -OCH3 is 1. The van der Waals surface area contributed by atoms with Gasteiger partial charge in [0.25, 0.3) is 0 Å². The van der Waals surface area contributed by atoms with Crippen LogP contribution in [0.3, 0.4) is 0 Å². The number of ketones is 1. The maximum Gasteiger partial charge on any atom is 0.338 e. The van der Waals surface area contributed by atoms with Crippen LogP contribution < -0.4 is 0 Å².